The van der Waals surface area contributed by atoms with Gasteiger partial charge in [-0.2, -0.15) is 0 Å². The topological polar surface area (TPSA) is 55.4 Å². The van der Waals surface area contributed by atoms with Crippen molar-refractivity contribution in [1.82, 2.24) is 5.32 Å². The molecule has 4 heteroatoms. The molecule has 0 atom stereocenters. The van der Waals surface area contributed by atoms with Crippen molar-refractivity contribution in [2.24, 2.45) is 11.8 Å². The van der Waals surface area contributed by atoms with Crippen LogP contribution < -0.4 is 5.32 Å². The van der Waals surface area contributed by atoms with Gasteiger partial charge in [-0.25, -0.2) is 0 Å². The first-order valence-electron chi connectivity index (χ1n) is 7.36. The fraction of sp³-hybridized carbons (Fsp3) is 0.867. The quantitative estimate of drug-likeness (QED) is 0.752. The molecule has 2 aliphatic carbocycles. The van der Waals surface area contributed by atoms with Gasteiger partial charge in [-0.1, -0.05) is 0 Å². The van der Waals surface area contributed by atoms with E-state index >= 15 is 0 Å². The Morgan fingerprint density at radius 2 is 1.63 bits per heavy atom. The van der Waals surface area contributed by atoms with Crippen LogP contribution in [0.3, 0.4) is 0 Å². The van der Waals surface area contributed by atoms with E-state index in [0.717, 1.165) is 0 Å². The van der Waals surface area contributed by atoms with Crippen LogP contribution >= 0.6 is 0 Å². The van der Waals surface area contributed by atoms with Gasteiger partial charge in [-0.05, 0) is 58.3 Å². The molecule has 0 bridgehead atoms. The van der Waals surface area contributed by atoms with Gasteiger partial charge in [0.25, 0.3) is 0 Å². The number of nitrogens with one attached hydrogen (secondary N) is 1. The Labute approximate surface area is 115 Å². The van der Waals surface area contributed by atoms with Crippen LogP contribution in [-0.2, 0) is 14.3 Å². The summed E-state index contributed by atoms with van der Waals surface area (Å²) in [6.45, 7) is 5.50. The monoisotopic (exact) mass is 267 g/mol. The molecule has 0 aromatic heterocycles. The maximum Gasteiger partial charge on any atom is 0.306 e. The largest absolute Gasteiger partial charge is 0.460 e. The van der Waals surface area contributed by atoms with Crippen LogP contribution in [0.4, 0.5) is 0 Å². The van der Waals surface area contributed by atoms with E-state index in [-0.39, 0.29) is 24.7 Å². The zero-order chi connectivity index (χ0) is 14.0. The molecule has 0 spiro atoms. The zero-order valence-electron chi connectivity index (χ0n) is 12.2. The molecule has 0 heterocycles. The average Bonchev–Trinajstić information content (AvgIpc) is 3.14. The van der Waals surface area contributed by atoms with Crippen molar-refractivity contribution >= 4 is 11.9 Å². The Morgan fingerprint density at radius 3 is 2.05 bits per heavy atom. The molecule has 0 radical (unpaired) electrons. The Hall–Kier alpha value is -1.06. The number of amides is 1. The number of hydrogen-bond acceptors (Lipinski definition) is 3. The molecule has 2 fully saturated rings. The first kappa shape index (κ1) is 14.4. The van der Waals surface area contributed by atoms with Crippen LogP contribution in [0.1, 0.15) is 59.3 Å². The summed E-state index contributed by atoms with van der Waals surface area (Å²) in [5.41, 5.74) is -0.474. The van der Waals surface area contributed by atoms with E-state index < -0.39 is 5.60 Å². The van der Waals surface area contributed by atoms with Gasteiger partial charge in [0.2, 0.25) is 5.91 Å². The first-order valence-corrected chi connectivity index (χ1v) is 7.36. The second kappa shape index (κ2) is 5.51. The highest BCUT2D eigenvalue weighted by atomic mass is 16.6. The smallest absolute Gasteiger partial charge is 0.306 e. The summed E-state index contributed by atoms with van der Waals surface area (Å²) >= 11 is 0. The highest BCUT2D eigenvalue weighted by molar-refractivity contribution is 5.81. The number of carbonyl (C=O) groups excluding carboxylic acids is 2. The van der Waals surface area contributed by atoms with Crippen LogP contribution in [0, 0.1) is 11.8 Å². The summed E-state index contributed by atoms with van der Waals surface area (Å²) in [6, 6.07) is 0.367. The standard InChI is InChI=1S/C15H25NO3/c1-15(2,3)19-13(18)9-8-12(17)16-14(10-4-5-10)11-6-7-11/h10-11,14H,4-9H2,1-3H3,(H,16,17). The molecular weight excluding hydrogens is 242 g/mol. The molecule has 4 nitrogen and oxygen atoms in total. The molecule has 1 N–H and O–H groups in total. The number of carbonyl (C=O) groups is 2. The molecule has 108 valence electrons. The van der Waals surface area contributed by atoms with Gasteiger partial charge in [0.15, 0.2) is 0 Å². The van der Waals surface area contributed by atoms with E-state index in [4.69, 9.17) is 4.74 Å². The summed E-state index contributed by atoms with van der Waals surface area (Å²) in [7, 11) is 0. The highest BCUT2D eigenvalue weighted by Crippen LogP contribution is 2.44. The molecule has 0 saturated heterocycles. The second-order valence-electron chi connectivity index (χ2n) is 6.85. The van der Waals surface area contributed by atoms with Gasteiger partial charge in [-0.3, -0.25) is 9.59 Å². The molecule has 0 aliphatic heterocycles. The van der Waals surface area contributed by atoms with E-state index in [1.165, 1.54) is 25.7 Å². The molecule has 19 heavy (non-hydrogen) atoms. The Morgan fingerprint density at radius 1 is 1.11 bits per heavy atom. The summed E-state index contributed by atoms with van der Waals surface area (Å²) in [5.74, 6) is 1.09. The van der Waals surface area contributed by atoms with Crippen molar-refractivity contribution in [3.05, 3.63) is 0 Å². The summed E-state index contributed by atoms with van der Waals surface area (Å²) in [6.07, 6.45) is 5.39. The van der Waals surface area contributed by atoms with E-state index in [1.807, 2.05) is 20.8 Å². The Balaban J connectivity index is 1.67. The van der Waals surface area contributed by atoms with Crippen molar-refractivity contribution in [2.45, 2.75) is 70.9 Å². The fourth-order valence-corrected chi connectivity index (χ4v) is 2.40. The van der Waals surface area contributed by atoms with Crippen LogP contribution in [-0.4, -0.2) is 23.5 Å². The number of ether oxygens (including phenoxy) is 1. The molecule has 2 saturated carbocycles. The minimum absolute atomic E-state index is 0.00495. The molecular formula is C15H25NO3. The van der Waals surface area contributed by atoms with Gasteiger partial charge < -0.3 is 10.1 Å². The minimum atomic E-state index is -0.474. The predicted octanol–water partition coefficient (Wildman–Crippen LogP) is 2.41. The van der Waals surface area contributed by atoms with E-state index in [1.54, 1.807) is 0 Å². The van der Waals surface area contributed by atoms with Gasteiger partial charge in [0, 0.05) is 12.5 Å². The molecule has 1 amide bonds. The lowest BCUT2D eigenvalue weighted by molar-refractivity contribution is -0.155. The lowest BCUT2D eigenvalue weighted by atomic mass is 10.1. The highest BCUT2D eigenvalue weighted by Gasteiger charge is 2.42. The normalized spacial score (nSPS) is 19.4. The number of rotatable bonds is 6. The van der Waals surface area contributed by atoms with Crippen molar-refractivity contribution < 1.29 is 14.3 Å². The summed E-state index contributed by atoms with van der Waals surface area (Å²) in [4.78, 5) is 23.4. The van der Waals surface area contributed by atoms with Gasteiger partial charge in [-0.15, -0.1) is 0 Å². The van der Waals surface area contributed by atoms with Crippen LogP contribution in [0.5, 0.6) is 0 Å². The summed E-state index contributed by atoms with van der Waals surface area (Å²) in [5, 5.41) is 3.11. The van der Waals surface area contributed by atoms with E-state index in [9.17, 15) is 9.59 Å². The lowest BCUT2D eigenvalue weighted by Crippen LogP contribution is -2.38. The number of hydrogen-bond donors (Lipinski definition) is 1. The Bertz CT molecular complexity index is 339. The maximum atomic E-state index is 11.9. The van der Waals surface area contributed by atoms with Crippen molar-refractivity contribution in [2.75, 3.05) is 0 Å². The SMILES string of the molecule is CC(C)(C)OC(=O)CCC(=O)NC(C1CC1)C1CC1. The zero-order valence-corrected chi connectivity index (χ0v) is 12.2. The predicted molar refractivity (Wildman–Crippen MR) is 72.5 cm³/mol. The minimum Gasteiger partial charge on any atom is -0.460 e. The van der Waals surface area contributed by atoms with Crippen molar-refractivity contribution in [3.63, 3.8) is 0 Å². The van der Waals surface area contributed by atoms with Crippen LogP contribution in [0.25, 0.3) is 0 Å². The third-order valence-electron chi connectivity index (χ3n) is 3.56. The van der Waals surface area contributed by atoms with Crippen molar-refractivity contribution in [1.29, 1.82) is 0 Å². The van der Waals surface area contributed by atoms with Crippen LogP contribution in [0.2, 0.25) is 0 Å². The molecule has 0 aromatic rings. The third-order valence-corrected chi connectivity index (χ3v) is 3.56. The molecule has 0 unspecified atom stereocenters. The fourth-order valence-electron chi connectivity index (χ4n) is 2.40. The second-order valence-corrected chi connectivity index (χ2v) is 6.85. The van der Waals surface area contributed by atoms with E-state index in [2.05, 4.69) is 5.32 Å². The third kappa shape index (κ3) is 5.21. The average molecular weight is 267 g/mol. The summed E-state index contributed by atoms with van der Waals surface area (Å²) < 4.78 is 5.19. The van der Waals surface area contributed by atoms with Crippen molar-refractivity contribution in [3.8, 4) is 0 Å². The number of esters is 1. The Kier molecular flexibility index (Phi) is 4.16. The van der Waals surface area contributed by atoms with Gasteiger partial charge >= 0.3 is 5.97 Å². The molecule has 2 rings (SSSR count). The molecule has 2 aliphatic rings. The van der Waals surface area contributed by atoms with Crippen LogP contribution in [0.15, 0.2) is 0 Å². The molecule has 0 aromatic carbocycles. The van der Waals surface area contributed by atoms with Gasteiger partial charge in [0.05, 0.1) is 6.42 Å². The first-order chi connectivity index (χ1) is 8.85. The van der Waals surface area contributed by atoms with Gasteiger partial charge in [0.1, 0.15) is 5.60 Å². The van der Waals surface area contributed by atoms with E-state index in [0.29, 0.717) is 17.9 Å². The lowest BCUT2D eigenvalue weighted by Gasteiger charge is -2.20. The maximum absolute atomic E-state index is 11.9.